The number of carbonyl (C=O) groups excluding carboxylic acids is 1. The summed E-state index contributed by atoms with van der Waals surface area (Å²) in [6.07, 6.45) is 1.01. The first-order chi connectivity index (χ1) is 9.49. The van der Waals surface area contributed by atoms with Gasteiger partial charge in [0.2, 0.25) is 5.91 Å². The molecule has 0 radical (unpaired) electrons. The van der Waals surface area contributed by atoms with Crippen molar-refractivity contribution in [3.8, 4) is 11.5 Å². The van der Waals surface area contributed by atoms with Crippen molar-refractivity contribution < 1.29 is 19.4 Å². The van der Waals surface area contributed by atoms with Crippen LogP contribution in [0.4, 0.5) is 0 Å². The Kier molecular flexibility index (Phi) is 6.61. The van der Waals surface area contributed by atoms with Crippen LogP contribution in [-0.4, -0.2) is 43.7 Å². The zero-order valence-electron chi connectivity index (χ0n) is 12.0. The van der Waals surface area contributed by atoms with Gasteiger partial charge in [0.05, 0.1) is 25.3 Å². The summed E-state index contributed by atoms with van der Waals surface area (Å²) in [6, 6.07) is 3.30. The fourth-order valence-corrected chi connectivity index (χ4v) is 1.91. The molecule has 0 atom stereocenters. The van der Waals surface area contributed by atoms with Gasteiger partial charge in [-0.3, -0.25) is 4.79 Å². The van der Waals surface area contributed by atoms with Crippen molar-refractivity contribution in [3.05, 3.63) is 22.7 Å². The number of amides is 1. The van der Waals surface area contributed by atoms with E-state index >= 15 is 0 Å². The van der Waals surface area contributed by atoms with Crippen LogP contribution in [0.2, 0.25) is 5.02 Å². The highest BCUT2D eigenvalue weighted by Crippen LogP contribution is 2.36. The van der Waals surface area contributed by atoms with Gasteiger partial charge in [-0.15, -0.1) is 0 Å². The normalized spacial score (nSPS) is 10.2. The molecule has 0 aliphatic rings. The molecule has 1 rings (SSSR count). The maximum Gasteiger partial charge on any atom is 0.222 e. The summed E-state index contributed by atoms with van der Waals surface area (Å²) in [6.45, 7) is 0.252. The third-order valence-corrected chi connectivity index (χ3v) is 3.03. The van der Waals surface area contributed by atoms with E-state index in [0.717, 1.165) is 0 Å². The average Bonchev–Trinajstić information content (AvgIpc) is 2.43. The third-order valence-electron chi connectivity index (χ3n) is 2.75. The number of halogens is 1. The SMILES string of the molecule is COc1cc(CO)cc(Cl)c1OCCCC(=O)N(C)C. The molecule has 0 bridgehead atoms. The zero-order chi connectivity index (χ0) is 15.1. The maximum atomic E-state index is 11.4. The highest BCUT2D eigenvalue weighted by molar-refractivity contribution is 6.32. The molecule has 1 N–H and O–H groups in total. The number of aliphatic hydroxyl groups excluding tert-OH is 1. The Bertz CT molecular complexity index is 463. The molecule has 0 saturated carbocycles. The first-order valence-corrected chi connectivity index (χ1v) is 6.67. The van der Waals surface area contributed by atoms with Crippen LogP contribution in [0, 0.1) is 0 Å². The van der Waals surface area contributed by atoms with Crippen LogP contribution in [0.5, 0.6) is 11.5 Å². The summed E-state index contributed by atoms with van der Waals surface area (Å²) in [5.41, 5.74) is 0.655. The van der Waals surface area contributed by atoms with E-state index in [4.69, 9.17) is 26.2 Å². The smallest absolute Gasteiger partial charge is 0.222 e. The lowest BCUT2D eigenvalue weighted by molar-refractivity contribution is -0.128. The fraction of sp³-hybridized carbons (Fsp3) is 0.500. The molecule has 6 heteroatoms. The van der Waals surface area contributed by atoms with Gasteiger partial charge in [-0.2, -0.15) is 0 Å². The molecule has 0 spiro atoms. The van der Waals surface area contributed by atoms with Crippen molar-refractivity contribution in [2.24, 2.45) is 0 Å². The Morgan fingerprint density at radius 1 is 1.40 bits per heavy atom. The first-order valence-electron chi connectivity index (χ1n) is 6.29. The Morgan fingerprint density at radius 2 is 2.10 bits per heavy atom. The summed E-state index contributed by atoms with van der Waals surface area (Å²) in [7, 11) is 4.95. The van der Waals surface area contributed by atoms with Crippen molar-refractivity contribution in [2.75, 3.05) is 27.8 Å². The van der Waals surface area contributed by atoms with E-state index in [1.807, 2.05) is 0 Å². The zero-order valence-corrected chi connectivity index (χ0v) is 12.7. The topological polar surface area (TPSA) is 59.0 Å². The van der Waals surface area contributed by atoms with Gasteiger partial charge in [0.1, 0.15) is 0 Å². The summed E-state index contributed by atoms with van der Waals surface area (Å²) >= 11 is 6.09. The molecule has 0 fully saturated rings. The van der Waals surface area contributed by atoms with Crippen LogP contribution < -0.4 is 9.47 Å². The molecule has 20 heavy (non-hydrogen) atoms. The Labute approximate surface area is 124 Å². The molecule has 0 heterocycles. The van der Waals surface area contributed by atoms with E-state index in [1.54, 1.807) is 31.1 Å². The van der Waals surface area contributed by atoms with Gasteiger partial charge in [0, 0.05) is 20.5 Å². The number of nitrogens with zero attached hydrogens (tertiary/aromatic N) is 1. The molecule has 1 aromatic carbocycles. The number of ether oxygens (including phenoxy) is 2. The van der Waals surface area contributed by atoms with Crippen LogP contribution in [0.25, 0.3) is 0 Å². The van der Waals surface area contributed by atoms with Gasteiger partial charge in [0.25, 0.3) is 0 Å². The molecule has 0 aromatic heterocycles. The Hall–Kier alpha value is -1.46. The van der Waals surface area contributed by atoms with Crippen LogP contribution in [0.3, 0.4) is 0 Å². The van der Waals surface area contributed by atoms with Crippen molar-refractivity contribution in [2.45, 2.75) is 19.4 Å². The number of benzene rings is 1. The fourth-order valence-electron chi connectivity index (χ4n) is 1.63. The van der Waals surface area contributed by atoms with E-state index in [2.05, 4.69) is 0 Å². The lowest BCUT2D eigenvalue weighted by atomic mass is 10.2. The second-order valence-electron chi connectivity index (χ2n) is 4.51. The second-order valence-corrected chi connectivity index (χ2v) is 4.91. The van der Waals surface area contributed by atoms with E-state index in [0.29, 0.717) is 41.5 Å². The van der Waals surface area contributed by atoms with Crippen molar-refractivity contribution in [1.82, 2.24) is 4.90 Å². The predicted molar refractivity (Wildman–Crippen MR) is 77.3 cm³/mol. The quantitative estimate of drug-likeness (QED) is 0.784. The number of aliphatic hydroxyl groups is 1. The highest BCUT2D eigenvalue weighted by atomic mass is 35.5. The van der Waals surface area contributed by atoms with Gasteiger partial charge in [0.15, 0.2) is 11.5 Å². The predicted octanol–water partition coefficient (Wildman–Crippen LogP) is 2.09. The lowest BCUT2D eigenvalue weighted by Crippen LogP contribution is -2.21. The summed E-state index contributed by atoms with van der Waals surface area (Å²) in [4.78, 5) is 13.0. The number of carbonyl (C=O) groups is 1. The Morgan fingerprint density at radius 3 is 2.65 bits per heavy atom. The second kappa shape index (κ2) is 7.97. The monoisotopic (exact) mass is 301 g/mol. The van der Waals surface area contributed by atoms with Crippen LogP contribution in [-0.2, 0) is 11.4 Å². The average molecular weight is 302 g/mol. The van der Waals surface area contributed by atoms with E-state index in [1.165, 1.54) is 7.11 Å². The number of hydrogen-bond acceptors (Lipinski definition) is 4. The minimum Gasteiger partial charge on any atom is -0.493 e. The third kappa shape index (κ3) is 4.58. The van der Waals surface area contributed by atoms with Gasteiger partial charge in [-0.25, -0.2) is 0 Å². The highest BCUT2D eigenvalue weighted by Gasteiger charge is 2.12. The van der Waals surface area contributed by atoms with Crippen LogP contribution in [0.1, 0.15) is 18.4 Å². The standard InChI is InChI=1S/C14H20ClNO4/c1-16(2)13(18)5-4-6-20-14-11(15)7-10(9-17)8-12(14)19-3/h7-8,17H,4-6,9H2,1-3H3. The minimum atomic E-state index is -0.117. The van der Waals surface area contributed by atoms with Gasteiger partial charge in [-0.05, 0) is 24.1 Å². The molecule has 0 unspecified atom stereocenters. The molecule has 0 saturated heterocycles. The number of rotatable bonds is 7. The molecular formula is C14H20ClNO4. The van der Waals surface area contributed by atoms with Crippen LogP contribution >= 0.6 is 11.6 Å². The summed E-state index contributed by atoms with van der Waals surface area (Å²) in [5, 5.41) is 9.48. The molecule has 5 nitrogen and oxygen atoms in total. The van der Waals surface area contributed by atoms with Crippen molar-refractivity contribution in [1.29, 1.82) is 0 Å². The van der Waals surface area contributed by atoms with Crippen LogP contribution in [0.15, 0.2) is 12.1 Å². The van der Waals surface area contributed by atoms with Crippen molar-refractivity contribution >= 4 is 17.5 Å². The molecule has 112 valence electrons. The molecule has 0 aliphatic carbocycles. The first kappa shape index (κ1) is 16.6. The van der Waals surface area contributed by atoms with Gasteiger partial charge >= 0.3 is 0 Å². The van der Waals surface area contributed by atoms with Crippen molar-refractivity contribution in [3.63, 3.8) is 0 Å². The largest absolute Gasteiger partial charge is 0.493 e. The Balaban J connectivity index is 2.61. The molecular weight excluding hydrogens is 282 g/mol. The van der Waals surface area contributed by atoms with E-state index < -0.39 is 0 Å². The number of methoxy groups -OCH3 is 1. The molecule has 1 amide bonds. The lowest BCUT2D eigenvalue weighted by Gasteiger charge is -2.14. The van der Waals surface area contributed by atoms with E-state index in [-0.39, 0.29) is 12.5 Å². The van der Waals surface area contributed by atoms with Gasteiger partial charge in [-0.1, -0.05) is 11.6 Å². The molecule has 0 aliphatic heterocycles. The summed E-state index contributed by atoms with van der Waals surface area (Å²) in [5.74, 6) is 0.964. The van der Waals surface area contributed by atoms with E-state index in [9.17, 15) is 4.79 Å². The van der Waals surface area contributed by atoms with Gasteiger partial charge < -0.3 is 19.5 Å². The molecule has 1 aromatic rings. The minimum absolute atomic E-state index is 0.0577. The summed E-state index contributed by atoms with van der Waals surface area (Å²) < 4.78 is 10.8. The number of hydrogen-bond donors (Lipinski definition) is 1. The maximum absolute atomic E-state index is 11.4.